The summed E-state index contributed by atoms with van der Waals surface area (Å²) in [5, 5.41) is 5.78. The molecule has 7 nitrogen and oxygen atoms in total. The van der Waals surface area contributed by atoms with Gasteiger partial charge in [-0.15, -0.1) is 11.3 Å². The fourth-order valence-corrected chi connectivity index (χ4v) is 7.87. The number of aryl methyl sites for hydroxylation is 2. The molecule has 6 rings (SSSR count). The van der Waals surface area contributed by atoms with Gasteiger partial charge in [0.1, 0.15) is 11.2 Å². The highest BCUT2D eigenvalue weighted by atomic mass is 32.1. The molecule has 0 spiro atoms. The predicted octanol–water partition coefficient (Wildman–Crippen LogP) is 5.87. The van der Waals surface area contributed by atoms with Gasteiger partial charge in [0.2, 0.25) is 5.91 Å². The molecule has 4 aromatic rings. The number of aromatic nitrogens is 4. The number of carbonyl (C=O) groups is 1. The minimum atomic E-state index is 0.321. The largest absolute Gasteiger partial charge is 0.346 e. The van der Waals surface area contributed by atoms with E-state index in [4.69, 9.17) is 0 Å². The second kappa shape index (κ2) is 9.87. The first kappa shape index (κ1) is 24.6. The van der Waals surface area contributed by atoms with E-state index in [-0.39, 0.29) is 0 Å². The fraction of sp³-hybridized carbons (Fsp3) is 0.552. The number of likely N-dealkylation sites (tertiary alicyclic amines) is 2. The van der Waals surface area contributed by atoms with Crippen LogP contribution >= 0.6 is 11.3 Å². The number of carbonyl (C=O) groups excluding carboxylic acids is 1. The van der Waals surface area contributed by atoms with E-state index in [2.05, 4.69) is 64.8 Å². The predicted molar refractivity (Wildman–Crippen MR) is 151 cm³/mol. The number of amides is 1. The van der Waals surface area contributed by atoms with Crippen LogP contribution < -0.4 is 0 Å². The first-order valence-electron chi connectivity index (χ1n) is 13.9. The topological polar surface area (TPSA) is 69.5 Å². The van der Waals surface area contributed by atoms with Crippen molar-refractivity contribution in [1.82, 2.24) is 29.4 Å². The standard InChI is InChI=1S/C29H38N6OS/c1-18(2)24-25-20(4)27(21-8-12-34(13-9-21)23(36)16-33-10-6-5-7-11-33)37-29(25)32-26(24)22-14-19(3)28-30-17-31-35(28)15-22/h14-15,17-18,21,32H,5-13,16H2,1-4H3. The van der Waals surface area contributed by atoms with Crippen LogP contribution in [0.2, 0.25) is 0 Å². The molecular weight excluding hydrogens is 480 g/mol. The number of nitrogens with one attached hydrogen (secondary N) is 1. The van der Waals surface area contributed by atoms with E-state index in [1.807, 2.05) is 15.9 Å². The molecule has 2 saturated heterocycles. The average molecular weight is 519 g/mol. The molecule has 0 atom stereocenters. The SMILES string of the molecule is Cc1c(C2CCN(C(=O)CN3CCCCC3)CC2)sc2[nH]c(-c3cc(C)c4ncnn4c3)c(C(C)C)c12. The Kier molecular flexibility index (Phi) is 6.57. The number of hydrogen-bond donors (Lipinski definition) is 1. The molecule has 37 heavy (non-hydrogen) atoms. The molecule has 0 bridgehead atoms. The Labute approximate surface area is 222 Å². The van der Waals surface area contributed by atoms with Crippen LogP contribution in [0, 0.1) is 13.8 Å². The van der Waals surface area contributed by atoms with E-state index in [1.165, 1.54) is 51.2 Å². The molecule has 0 unspecified atom stereocenters. The summed E-state index contributed by atoms with van der Waals surface area (Å²) in [4.78, 5) is 28.3. The van der Waals surface area contributed by atoms with Crippen LogP contribution in [0.25, 0.3) is 27.1 Å². The molecule has 2 fully saturated rings. The quantitative estimate of drug-likeness (QED) is 0.359. The number of piperidine rings is 2. The third-order valence-corrected chi connectivity index (χ3v) is 9.78. The number of thiophene rings is 1. The smallest absolute Gasteiger partial charge is 0.236 e. The number of pyridine rings is 1. The summed E-state index contributed by atoms with van der Waals surface area (Å²) < 4.78 is 1.88. The molecule has 8 heteroatoms. The van der Waals surface area contributed by atoms with Crippen molar-refractivity contribution in [3.8, 4) is 11.3 Å². The van der Waals surface area contributed by atoms with Crippen molar-refractivity contribution in [2.45, 2.75) is 71.6 Å². The van der Waals surface area contributed by atoms with Gasteiger partial charge in [-0.1, -0.05) is 20.3 Å². The highest BCUT2D eigenvalue weighted by molar-refractivity contribution is 7.19. The number of rotatable bonds is 5. The number of aromatic amines is 1. The van der Waals surface area contributed by atoms with Gasteiger partial charge < -0.3 is 9.88 Å². The zero-order valence-electron chi connectivity index (χ0n) is 22.5. The molecule has 6 heterocycles. The minimum Gasteiger partial charge on any atom is -0.346 e. The molecule has 0 saturated carbocycles. The summed E-state index contributed by atoms with van der Waals surface area (Å²) >= 11 is 1.92. The lowest BCUT2D eigenvalue weighted by molar-refractivity contribution is -0.133. The Morgan fingerprint density at radius 2 is 1.89 bits per heavy atom. The van der Waals surface area contributed by atoms with Gasteiger partial charge in [0.15, 0.2) is 5.65 Å². The van der Waals surface area contributed by atoms with Crippen LogP contribution in [0.1, 0.15) is 79.4 Å². The summed E-state index contributed by atoms with van der Waals surface area (Å²) in [6.45, 7) is 13.5. The third-order valence-electron chi connectivity index (χ3n) is 8.41. The van der Waals surface area contributed by atoms with E-state index in [9.17, 15) is 4.79 Å². The maximum absolute atomic E-state index is 12.9. The second-order valence-electron chi connectivity index (χ2n) is 11.3. The van der Waals surface area contributed by atoms with Gasteiger partial charge in [0.25, 0.3) is 0 Å². The summed E-state index contributed by atoms with van der Waals surface area (Å²) in [7, 11) is 0. The van der Waals surface area contributed by atoms with Crippen LogP contribution in [0.4, 0.5) is 0 Å². The van der Waals surface area contributed by atoms with E-state index in [0.29, 0.717) is 24.3 Å². The van der Waals surface area contributed by atoms with E-state index in [0.717, 1.165) is 55.8 Å². The first-order valence-corrected chi connectivity index (χ1v) is 14.7. The van der Waals surface area contributed by atoms with Gasteiger partial charge in [-0.05, 0) is 87.2 Å². The molecule has 2 aliphatic heterocycles. The summed E-state index contributed by atoms with van der Waals surface area (Å²) in [6.07, 6.45) is 9.59. The number of H-pyrrole nitrogens is 1. The zero-order chi connectivity index (χ0) is 25.7. The van der Waals surface area contributed by atoms with E-state index < -0.39 is 0 Å². The number of hydrogen-bond acceptors (Lipinski definition) is 5. The Bertz CT molecular complexity index is 1430. The molecule has 1 N–H and O–H groups in total. The normalized spacial score (nSPS) is 18.0. The molecule has 2 aliphatic rings. The van der Waals surface area contributed by atoms with Crippen molar-refractivity contribution in [1.29, 1.82) is 0 Å². The highest BCUT2D eigenvalue weighted by Crippen LogP contribution is 2.46. The van der Waals surface area contributed by atoms with Crippen LogP contribution in [0.15, 0.2) is 18.6 Å². The first-order chi connectivity index (χ1) is 17.9. The molecular formula is C29H38N6OS. The van der Waals surface area contributed by atoms with Crippen molar-refractivity contribution < 1.29 is 4.79 Å². The maximum atomic E-state index is 12.9. The molecule has 4 aromatic heterocycles. The Hall–Kier alpha value is -2.71. The van der Waals surface area contributed by atoms with Crippen molar-refractivity contribution in [2.24, 2.45) is 0 Å². The molecule has 0 aromatic carbocycles. The number of nitrogens with zero attached hydrogens (tertiary/aromatic N) is 5. The third kappa shape index (κ3) is 4.48. The van der Waals surface area contributed by atoms with Gasteiger partial charge in [0.05, 0.1) is 12.2 Å². The van der Waals surface area contributed by atoms with Gasteiger partial charge in [-0.25, -0.2) is 9.50 Å². The second-order valence-corrected chi connectivity index (χ2v) is 12.3. The molecule has 0 aliphatic carbocycles. The summed E-state index contributed by atoms with van der Waals surface area (Å²) in [6, 6.07) is 2.22. The van der Waals surface area contributed by atoms with E-state index >= 15 is 0 Å². The Morgan fingerprint density at radius 3 is 2.62 bits per heavy atom. The van der Waals surface area contributed by atoms with Crippen molar-refractivity contribution >= 4 is 33.1 Å². The molecule has 196 valence electrons. The highest BCUT2D eigenvalue weighted by Gasteiger charge is 2.29. The fourth-order valence-electron chi connectivity index (χ4n) is 6.47. The lowest BCUT2D eigenvalue weighted by Gasteiger charge is -2.34. The number of fused-ring (bicyclic) bond motifs is 2. The van der Waals surface area contributed by atoms with Crippen LogP contribution in [0.3, 0.4) is 0 Å². The molecule has 1 amide bonds. The minimum absolute atomic E-state index is 0.321. The lowest BCUT2D eigenvalue weighted by atomic mass is 9.90. The van der Waals surface area contributed by atoms with Gasteiger partial charge in [-0.3, -0.25) is 9.69 Å². The van der Waals surface area contributed by atoms with Gasteiger partial charge in [-0.2, -0.15) is 5.10 Å². The van der Waals surface area contributed by atoms with Crippen LogP contribution in [0.5, 0.6) is 0 Å². The Balaban J connectivity index is 1.24. The monoisotopic (exact) mass is 518 g/mol. The van der Waals surface area contributed by atoms with Gasteiger partial charge in [0, 0.05) is 35.1 Å². The van der Waals surface area contributed by atoms with Crippen molar-refractivity contribution in [3.05, 3.63) is 40.2 Å². The zero-order valence-corrected chi connectivity index (χ0v) is 23.3. The summed E-state index contributed by atoms with van der Waals surface area (Å²) in [5.41, 5.74) is 7.20. The molecule has 0 radical (unpaired) electrons. The van der Waals surface area contributed by atoms with Crippen LogP contribution in [-0.4, -0.2) is 68.0 Å². The van der Waals surface area contributed by atoms with Crippen molar-refractivity contribution in [2.75, 3.05) is 32.7 Å². The van der Waals surface area contributed by atoms with Gasteiger partial charge >= 0.3 is 0 Å². The Morgan fingerprint density at radius 1 is 1.14 bits per heavy atom. The summed E-state index contributed by atoms with van der Waals surface area (Å²) in [5.74, 6) is 1.25. The van der Waals surface area contributed by atoms with E-state index in [1.54, 1.807) is 6.33 Å². The lowest BCUT2D eigenvalue weighted by Crippen LogP contribution is -2.45. The maximum Gasteiger partial charge on any atom is 0.236 e. The van der Waals surface area contributed by atoms with Crippen LogP contribution in [-0.2, 0) is 4.79 Å². The average Bonchev–Trinajstić information content (AvgIpc) is 3.60. The van der Waals surface area contributed by atoms with Crippen molar-refractivity contribution in [3.63, 3.8) is 0 Å².